The first-order valence-corrected chi connectivity index (χ1v) is 6.78. The quantitative estimate of drug-likeness (QED) is 0.712. The summed E-state index contributed by atoms with van der Waals surface area (Å²) in [5.74, 6) is 0. The Labute approximate surface area is 110 Å². The lowest BCUT2D eigenvalue weighted by Gasteiger charge is -2.10. The molecule has 1 aliphatic carbocycles. The number of likely N-dealkylation sites (N-methyl/N-ethyl adjacent to an activating group) is 1. The number of ether oxygens (including phenoxy) is 1. The molecule has 1 aromatic carbocycles. The third-order valence-corrected chi connectivity index (χ3v) is 3.15. The summed E-state index contributed by atoms with van der Waals surface area (Å²) >= 11 is 0. The Morgan fingerprint density at radius 2 is 1.83 bits per heavy atom. The van der Waals surface area contributed by atoms with Crippen LogP contribution in [0.5, 0.6) is 0 Å². The Kier molecular flexibility index (Phi) is 5.17. The fraction of sp³-hybridized carbons (Fsp3) is 0.600. The van der Waals surface area contributed by atoms with Crippen LogP contribution in [0.2, 0.25) is 0 Å². The number of benzene rings is 1. The smallest absolute Gasteiger partial charge is 0.0717 e. The van der Waals surface area contributed by atoms with Crippen molar-refractivity contribution in [3.8, 4) is 0 Å². The van der Waals surface area contributed by atoms with Gasteiger partial charge in [0.25, 0.3) is 0 Å². The third-order valence-electron chi connectivity index (χ3n) is 3.15. The summed E-state index contributed by atoms with van der Waals surface area (Å²) in [7, 11) is 4.12. The number of hydrogen-bond acceptors (Lipinski definition) is 3. The Bertz CT molecular complexity index is 344. The van der Waals surface area contributed by atoms with Crippen LogP contribution in [0.25, 0.3) is 0 Å². The molecule has 100 valence electrons. The van der Waals surface area contributed by atoms with E-state index in [2.05, 4.69) is 48.6 Å². The van der Waals surface area contributed by atoms with Gasteiger partial charge in [-0.05, 0) is 38.1 Å². The van der Waals surface area contributed by atoms with E-state index in [1.165, 1.54) is 24.0 Å². The molecule has 1 aromatic rings. The summed E-state index contributed by atoms with van der Waals surface area (Å²) in [6.45, 7) is 3.47. The Morgan fingerprint density at radius 1 is 1.17 bits per heavy atom. The maximum atomic E-state index is 5.62. The molecule has 0 saturated heterocycles. The minimum absolute atomic E-state index is 0.712. The molecule has 0 unspecified atom stereocenters. The van der Waals surface area contributed by atoms with Gasteiger partial charge < -0.3 is 15.0 Å². The van der Waals surface area contributed by atoms with E-state index in [1.54, 1.807) is 0 Å². The van der Waals surface area contributed by atoms with Gasteiger partial charge in [-0.1, -0.05) is 24.3 Å². The van der Waals surface area contributed by atoms with Crippen molar-refractivity contribution in [3.05, 3.63) is 35.4 Å². The van der Waals surface area contributed by atoms with Crippen LogP contribution in [-0.4, -0.2) is 38.2 Å². The summed E-state index contributed by atoms with van der Waals surface area (Å²) in [4.78, 5) is 2.13. The van der Waals surface area contributed by atoms with Gasteiger partial charge in [0, 0.05) is 19.1 Å². The zero-order valence-electron chi connectivity index (χ0n) is 11.5. The molecule has 3 heteroatoms. The molecule has 0 spiro atoms. The van der Waals surface area contributed by atoms with Gasteiger partial charge in [-0.25, -0.2) is 0 Å². The zero-order chi connectivity index (χ0) is 12.8. The third kappa shape index (κ3) is 5.17. The molecule has 2 rings (SSSR count). The van der Waals surface area contributed by atoms with Crippen LogP contribution in [0, 0.1) is 0 Å². The lowest BCUT2D eigenvalue weighted by molar-refractivity contribution is 0.105. The summed E-state index contributed by atoms with van der Waals surface area (Å²) in [6.07, 6.45) is 2.69. The van der Waals surface area contributed by atoms with Crippen LogP contribution in [0.15, 0.2) is 24.3 Å². The van der Waals surface area contributed by atoms with Crippen molar-refractivity contribution in [3.63, 3.8) is 0 Å². The van der Waals surface area contributed by atoms with Gasteiger partial charge in [0.2, 0.25) is 0 Å². The van der Waals surface area contributed by atoms with Crippen LogP contribution >= 0.6 is 0 Å². The molecule has 1 saturated carbocycles. The molecular formula is C15H24N2O. The largest absolute Gasteiger partial charge is 0.375 e. The van der Waals surface area contributed by atoms with Gasteiger partial charge in [0.15, 0.2) is 0 Å². The van der Waals surface area contributed by atoms with E-state index in [-0.39, 0.29) is 0 Å². The van der Waals surface area contributed by atoms with Crippen molar-refractivity contribution in [2.45, 2.75) is 32.0 Å². The fourth-order valence-electron chi connectivity index (χ4n) is 1.74. The molecule has 0 bridgehead atoms. The Hall–Kier alpha value is -0.900. The van der Waals surface area contributed by atoms with Crippen molar-refractivity contribution in [2.24, 2.45) is 0 Å². The van der Waals surface area contributed by atoms with Crippen molar-refractivity contribution < 1.29 is 4.74 Å². The minimum atomic E-state index is 0.712. The van der Waals surface area contributed by atoms with E-state index in [4.69, 9.17) is 4.74 Å². The first kappa shape index (κ1) is 13.5. The number of hydrogen-bond donors (Lipinski definition) is 1. The summed E-state index contributed by atoms with van der Waals surface area (Å²) in [6, 6.07) is 9.50. The number of rotatable bonds is 8. The predicted molar refractivity (Wildman–Crippen MR) is 74.5 cm³/mol. The molecule has 0 heterocycles. The van der Waals surface area contributed by atoms with Crippen LogP contribution in [0.4, 0.5) is 0 Å². The van der Waals surface area contributed by atoms with Gasteiger partial charge in [-0.2, -0.15) is 0 Å². The van der Waals surface area contributed by atoms with Gasteiger partial charge in [-0.15, -0.1) is 0 Å². The second-order valence-electron chi connectivity index (χ2n) is 5.33. The van der Waals surface area contributed by atoms with E-state index < -0.39 is 0 Å². The lowest BCUT2D eigenvalue weighted by Crippen LogP contribution is -2.18. The van der Waals surface area contributed by atoms with Crippen molar-refractivity contribution >= 4 is 0 Å². The molecule has 0 amide bonds. The molecule has 0 aliphatic heterocycles. The average molecular weight is 248 g/mol. The molecule has 18 heavy (non-hydrogen) atoms. The second-order valence-corrected chi connectivity index (χ2v) is 5.33. The topological polar surface area (TPSA) is 24.5 Å². The van der Waals surface area contributed by atoms with Gasteiger partial charge in [0.1, 0.15) is 0 Å². The summed E-state index contributed by atoms with van der Waals surface area (Å²) in [5.41, 5.74) is 2.61. The van der Waals surface area contributed by atoms with Crippen LogP contribution in [0.3, 0.4) is 0 Å². The molecule has 1 fully saturated rings. The summed E-state index contributed by atoms with van der Waals surface area (Å²) < 4.78 is 5.62. The van der Waals surface area contributed by atoms with E-state index >= 15 is 0 Å². The second kappa shape index (κ2) is 6.88. The standard InChI is InChI=1S/C15H24N2O/c1-17(2)9-10-18-12-14-5-3-13(4-6-14)11-16-15-7-8-15/h3-6,15-16H,7-12H2,1-2H3. The molecule has 1 aliphatic rings. The van der Waals surface area contributed by atoms with Crippen LogP contribution < -0.4 is 5.32 Å². The highest BCUT2D eigenvalue weighted by molar-refractivity contribution is 5.22. The SMILES string of the molecule is CN(C)CCOCc1ccc(CNC2CC2)cc1. The highest BCUT2D eigenvalue weighted by Gasteiger charge is 2.19. The first-order valence-electron chi connectivity index (χ1n) is 6.78. The Balaban J connectivity index is 1.66. The summed E-state index contributed by atoms with van der Waals surface area (Å²) in [5, 5.41) is 3.52. The van der Waals surface area contributed by atoms with Crippen LogP contribution in [-0.2, 0) is 17.9 Å². The number of nitrogens with one attached hydrogen (secondary N) is 1. The maximum absolute atomic E-state index is 5.62. The molecule has 1 N–H and O–H groups in total. The highest BCUT2D eigenvalue weighted by atomic mass is 16.5. The number of nitrogens with zero attached hydrogens (tertiary/aromatic N) is 1. The Morgan fingerprint density at radius 3 is 2.44 bits per heavy atom. The average Bonchev–Trinajstić information content (AvgIpc) is 3.17. The lowest BCUT2D eigenvalue weighted by atomic mass is 10.1. The maximum Gasteiger partial charge on any atom is 0.0717 e. The van der Waals surface area contributed by atoms with Gasteiger partial charge in [0.05, 0.1) is 13.2 Å². The molecular weight excluding hydrogens is 224 g/mol. The molecule has 3 nitrogen and oxygen atoms in total. The van der Waals surface area contributed by atoms with Crippen molar-refractivity contribution in [2.75, 3.05) is 27.2 Å². The predicted octanol–water partition coefficient (Wildman–Crippen LogP) is 2.02. The van der Waals surface area contributed by atoms with Crippen molar-refractivity contribution in [1.82, 2.24) is 10.2 Å². The van der Waals surface area contributed by atoms with Gasteiger partial charge >= 0.3 is 0 Å². The van der Waals surface area contributed by atoms with Crippen molar-refractivity contribution in [1.29, 1.82) is 0 Å². The van der Waals surface area contributed by atoms with Gasteiger partial charge in [-0.3, -0.25) is 0 Å². The molecule has 0 radical (unpaired) electrons. The van der Waals surface area contributed by atoms with E-state index in [0.717, 1.165) is 25.7 Å². The van der Waals surface area contributed by atoms with Crippen LogP contribution in [0.1, 0.15) is 24.0 Å². The monoisotopic (exact) mass is 248 g/mol. The van der Waals surface area contributed by atoms with E-state index in [1.807, 2.05) is 0 Å². The zero-order valence-corrected chi connectivity index (χ0v) is 11.5. The fourth-order valence-corrected chi connectivity index (χ4v) is 1.74. The first-order chi connectivity index (χ1) is 8.74. The van der Waals surface area contributed by atoms with E-state index in [0.29, 0.717) is 6.61 Å². The highest BCUT2D eigenvalue weighted by Crippen LogP contribution is 2.19. The van der Waals surface area contributed by atoms with E-state index in [9.17, 15) is 0 Å². The minimum Gasteiger partial charge on any atom is -0.375 e. The normalized spacial score (nSPS) is 15.3. The molecule has 0 atom stereocenters. The molecule has 0 aromatic heterocycles.